The molecule has 2 aromatic carbocycles. The Balaban J connectivity index is 1.85. The zero-order valence-electron chi connectivity index (χ0n) is 14.3. The molecule has 0 bridgehead atoms. The highest BCUT2D eigenvalue weighted by Crippen LogP contribution is 2.37. The van der Waals surface area contributed by atoms with Gasteiger partial charge < -0.3 is 9.47 Å². The number of hydrogen-bond acceptors (Lipinski definition) is 5. The fraction of sp³-hybridized carbons (Fsp3) is 0.158. The van der Waals surface area contributed by atoms with E-state index in [9.17, 15) is 9.59 Å². The van der Waals surface area contributed by atoms with Gasteiger partial charge in [-0.1, -0.05) is 44.0 Å². The number of rotatable bonds is 6. The van der Waals surface area contributed by atoms with E-state index in [1.165, 1.54) is 0 Å². The molecular formula is C19H15Br2NO4S. The van der Waals surface area contributed by atoms with Crippen LogP contribution in [0.5, 0.6) is 11.5 Å². The Morgan fingerprint density at radius 1 is 1.07 bits per heavy atom. The van der Waals surface area contributed by atoms with E-state index in [1.807, 2.05) is 31.2 Å². The zero-order valence-corrected chi connectivity index (χ0v) is 18.2. The molecule has 140 valence electrons. The van der Waals surface area contributed by atoms with Crippen LogP contribution in [0, 0.1) is 0 Å². The smallest absolute Gasteiger partial charge is 0.290 e. The highest BCUT2D eigenvalue weighted by Gasteiger charge is 2.25. The standard InChI is InChI=1S/C19H15Br2NO4S/c1-2-25-15-7-12(8-17-18(23)22-19(24)27-17)14(21)9-16(15)26-10-11-3-5-13(20)6-4-11/h3-9H,2,10H2,1H3,(H,22,23,24)/b17-8+. The van der Waals surface area contributed by atoms with Crippen LogP contribution in [0.25, 0.3) is 6.08 Å². The number of ether oxygens (including phenoxy) is 2. The van der Waals surface area contributed by atoms with Gasteiger partial charge in [0, 0.05) is 8.95 Å². The van der Waals surface area contributed by atoms with Gasteiger partial charge in [0.15, 0.2) is 11.5 Å². The number of benzene rings is 2. The van der Waals surface area contributed by atoms with Crippen LogP contribution in [0.4, 0.5) is 4.79 Å². The highest BCUT2D eigenvalue weighted by atomic mass is 79.9. The van der Waals surface area contributed by atoms with E-state index < -0.39 is 5.91 Å². The van der Waals surface area contributed by atoms with E-state index in [-0.39, 0.29) is 5.24 Å². The SMILES string of the molecule is CCOc1cc(/C=C2/SC(=O)NC2=O)c(Br)cc1OCc1ccc(Br)cc1. The average molecular weight is 513 g/mol. The van der Waals surface area contributed by atoms with Gasteiger partial charge in [0.2, 0.25) is 0 Å². The molecule has 2 aromatic rings. The van der Waals surface area contributed by atoms with Crippen LogP contribution in [-0.2, 0) is 11.4 Å². The molecule has 3 rings (SSSR count). The normalized spacial score (nSPS) is 15.1. The van der Waals surface area contributed by atoms with Crippen molar-refractivity contribution in [3.63, 3.8) is 0 Å². The van der Waals surface area contributed by atoms with Crippen molar-refractivity contribution in [2.45, 2.75) is 13.5 Å². The second-order valence-electron chi connectivity index (χ2n) is 5.52. The largest absolute Gasteiger partial charge is 0.490 e. The van der Waals surface area contributed by atoms with Crippen LogP contribution in [0.3, 0.4) is 0 Å². The van der Waals surface area contributed by atoms with E-state index in [4.69, 9.17) is 9.47 Å². The quantitative estimate of drug-likeness (QED) is 0.517. The fourth-order valence-electron chi connectivity index (χ4n) is 2.35. The molecule has 27 heavy (non-hydrogen) atoms. The van der Waals surface area contributed by atoms with Crippen LogP contribution in [0.2, 0.25) is 0 Å². The lowest BCUT2D eigenvalue weighted by atomic mass is 10.1. The molecule has 1 heterocycles. The first-order valence-corrected chi connectivity index (χ1v) is 10.4. The van der Waals surface area contributed by atoms with Crippen LogP contribution in [0.1, 0.15) is 18.1 Å². The predicted octanol–water partition coefficient (Wildman–Crippen LogP) is 5.51. The molecule has 1 aliphatic rings. The summed E-state index contributed by atoms with van der Waals surface area (Å²) in [6, 6.07) is 11.5. The van der Waals surface area contributed by atoms with Crippen molar-refractivity contribution in [2.24, 2.45) is 0 Å². The van der Waals surface area contributed by atoms with Gasteiger partial charge in [-0.05, 0) is 60.2 Å². The number of amides is 2. The molecule has 0 aliphatic carbocycles. The van der Waals surface area contributed by atoms with E-state index >= 15 is 0 Å². The maximum atomic E-state index is 11.8. The van der Waals surface area contributed by atoms with Crippen molar-refractivity contribution in [3.05, 3.63) is 61.4 Å². The molecule has 1 N–H and O–H groups in total. The monoisotopic (exact) mass is 511 g/mol. The third kappa shape index (κ3) is 5.15. The summed E-state index contributed by atoms with van der Waals surface area (Å²) in [6.07, 6.45) is 1.65. The predicted molar refractivity (Wildman–Crippen MR) is 113 cm³/mol. The summed E-state index contributed by atoms with van der Waals surface area (Å²) in [5.41, 5.74) is 1.75. The Kier molecular flexibility index (Phi) is 6.62. The van der Waals surface area contributed by atoms with Crippen molar-refractivity contribution in [3.8, 4) is 11.5 Å². The van der Waals surface area contributed by atoms with Gasteiger partial charge in [-0.15, -0.1) is 0 Å². The average Bonchev–Trinajstić information content (AvgIpc) is 2.95. The third-order valence-corrected chi connectivity index (χ3v) is 5.63. The number of imide groups is 1. The lowest BCUT2D eigenvalue weighted by Crippen LogP contribution is -2.17. The van der Waals surface area contributed by atoms with Gasteiger partial charge in [0.25, 0.3) is 11.1 Å². The summed E-state index contributed by atoms with van der Waals surface area (Å²) in [4.78, 5) is 23.4. The van der Waals surface area contributed by atoms with Crippen molar-refractivity contribution >= 4 is 60.8 Å². The minimum absolute atomic E-state index is 0.340. The van der Waals surface area contributed by atoms with Crippen LogP contribution in [-0.4, -0.2) is 17.8 Å². The summed E-state index contributed by atoms with van der Waals surface area (Å²) in [5.74, 6) is 0.762. The molecule has 0 aromatic heterocycles. The highest BCUT2D eigenvalue weighted by molar-refractivity contribution is 9.10. The summed E-state index contributed by atoms with van der Waals surface area (Å²) < 4.78 is 13.4. The molecule has 0 unspecified atom stereocenters. The van der Waals surface area contributed by atoms with Crippen LogP contribution >= 0.6 is 43.6 Å². The minimum atomic E-state index is -0.398. The van der Waals surface area contributed by atoms with Gasteiger partial charge in [0.1, 0.15) is 6.61 Å². The van der Waals surface area contributed by atoms with E-state index in [1.54, 1.807) is 18.2 Å². The third-order valence-electron chi connectivity index (χ3n) is 3.60. The second kappa shape index (κ2) is 8.95. The van der Waals surface area contributed by atoms with E-state index in [2.05, 4.69) is 37.2 Å². The Morgan fingerprint density at radius 3 is 2.41 bits per heavy atom. The Labute approximate surface area is 177 Å². The van der Waals surface area contributed by atoms with Gasteiger partial charge >= 0.3 is 0 Å². The number of halogens is 2. The second-order valence-corrected chi connectivity index (χ2v) is 8.31. The summed E-state index contributed by atoms with van der Waals surface area (Å²) in [6.45, 7) is 2.75. The van der Waals surface area contributed by atoms with Crippen molar-refractivity contribution in [1.29, 1.82) is 0 Å². The molecule has 0 spiro atoms. The Morgan fingerprint density at radius 2 is 1.78 bits per heavy atom. The van der Waals surface area contributed by atoms with E-state index in [0.29, 0.717) is 29.6 Å². The first kappa shape index (κ1) is 20.0. The minimum Gasteiger partial charge on any atom is -0.490 e. The lowest BCUT2D eigenvalue weighted by Gasteiger charge is -2.14. The summed E-state index contributed by atoms with van der Waals surface area (Å²) >= 11 is 7.78. The zero-order chi connectivity index (χ0) is 19.4. The van der Waals surface area contributed by atoms with Gasteiger partial charge in [-0.3, -0.25) is 14.9 Å². The fourth-order valence-corrected chi connectivity index (χ4v) is 3.72. The van der Waals surface area contributed by atoms with Gasteiger partial charge in [0.05, 0.1) is 11.5 Å². The first-order valence-electron chi connectivity index (χ1n) is 8.04. The molecule has 0 saturated carbocycles. The summed E-state index contributed by atoms with van der Waals surface area (Å²) in [5, 5.41) is 1.87. The number of thioether (sulfide) groups is 1. The molecular weight excluding hydrogens is 498 g/mol. The van der Waals surface area contributed by atoms with Crippen LogP contribution in [0.15, 0.2) is 50.2 Å². The van der Waals surface area contributed by atoms with Crippen molar-refractivity contribution < 1.29 is 19.1 Å². The number of carbonyl (C=O) groups excluding carboxylic acids is 2. The van der Waals surface area contributed by atoms with Gasteiger partial charge in [-0.2, -0.15) is 0 Å². The topological polar surface area (TPSA) is 64.6 Å². The molecule has 1 fully saturated rings. The number of hydrogen-bond donors (Lipinski definition) is 1. The van der Waals surface area contributed by atoms with Gasteiger partial charge in [-0.25, -0.2) is 0 Å². The van der Waals surface area contributed by atoms with Crippen LogP contribution < -0.4 is 14.8 Å². The number of carbonyl (C=O) groups is 2. The maximum Gasteiger partial charge on any atom is 0.290 e. The molecule has 0 atom stereocenters. The van der Waals surface area contributed by atoms with Crippen molar-refractivity contribution in [2.75, 3.05) is 6.61 Å². The lowest BCUT2D eigenvalue weighted by molar-refractivity contribution is -0.115. The molecule has 2 amide bonds. The maximum absolute atomic E-state index is 11.8. The number of nitrogens with one attached hydrogen (secondary N) is 1. The molecule has 1 saturated heterocycles. The molecule has 1 aliphatic heterocycles. The Bertz CT molecular complexity index is 913. The first-order chi connectivity index (χ1) is 13.0. The van der Waals surface area contributed by atoms with Crippen molar-refractivity contribution in [1.82, 2.24) is 5.32 Å². The molecule has 8 heteroatoms. The summed E-state index contributed by atoms with van der Waals surface area (Å²) in [7, 11) is 0. The molecule has 5 nitrogen and oxygen atoms in total. The van der Waals surface area contributed by atoms with E-state index in [0.717, 1.165) is 31.8 Å². The molecule has 0 radical (unpaired) electrons. The Hall–Kier alpha value is -1.77.